The fraction of sp³-hybridized carbons (Fsp3) is 0.467. The second-order valence-corrected chi connectivity index (χ2v) is 8.09. The zero-order valence-corrected chi connectivity index (χ0v) is 15.3. The van der Waals surface area contributed by atoms with E-state index in [0.29, 0.717) is 24.4 Å². The minimum absolute atomic E-state index is 0.0734. The molecule has 3 heterocycles. The van der Waals surface area contributed by atoms with Crippen LogP contribution in [0.2, 0.25) is 5.15 Å². The van der Waals surface area contributed by atoms with Gasteiger partial charge < -0.3 is 4.74 Å². The van der Waals surface area contributed by atoms with Crippen molar-refractivity contribution in [3.05, 3.63) is 34.9 Å². The van der Waals surface area contributed by atoms with Gasteiger partial charge in [0.1, 0.15) is 21.9 Å². The van der Waals surface area contributed by atoms with Gasteiger partial charge in [0.2, 0.25) is 10.0 Å². The monoisotopic (exact) mass is 370 g/mol. The van der Waals surface area contributed by atoms with Crippen LogP contribution in [-0.4, -0.2) is 46.7 Å². The van der Waals surface area contributed by atoms with Crippen LogP contribution in [0, 0.1) is 13.8 Å². The molecule has 1 fully saturated rings. The van der Waals surface area contributed by atoms with Gasteiger partial charge in [0.15, 0.2) is 0 Å². The zero-order valence-electron chi connectivity index (χ0n) is 13.7. The predicted molar refractivity (Wildman–Crippen MR) is 89.7 cm³/mol. The first-order chi connectivity index (χ1) is 11.3. The number of nitrogens with zero attached hydrogens (tertiary/aromatic N) is 4. The van der Waals surface area contributed by atoms with Crippen molar-refractivity contribution in [2.24, 2.45) is 7.05 Å². The number of rotatable bonds is 4. The third kappa shape index (κ3) is 3.13. The van der Waals surface area contributed by atoms with E-state index >= 15 is 0 Å². The molecule has 0 spiro atoms. The molecule has 0 bridgehead atoms. The number of aryl methyl sites for hydroxylation is 3. The van der Waals surface area contributed by atoms with E-state index in [1.165, 1.54) is 8.99 Å². The molecule has 0 aliphatic carbocycles. The van der Waals surface area contributed by atoms with Crippen molar-refractivity contribution in [3.63, 3.8) is 0 Å². The Balaban J connectivity index is 1.76. The van der Waals surface area contributed by atoms with E-state index in [0.717, 1.165) is 5.69 Å². The Hall–Kier alpha value is -1.64. The lowest BCUT2D eigenvalue weighted by Crippen LogP contribution is -2.31. The van der Waals surface area contributed by atoms with Crippen LogP contribution in [0.1, 0.15) is 17.8 Å². The Labute approximate surface area is 146 Å². The number of sulfonamides is 1. The molecule has 1 saturated heterocycles. The third-order valence-corrected chi connectivity index (χ3v) is 6.55. The molecule has 0 aromatic carbocycles. The van der Waals surface area contributed by atoms with E-state index in [1.807, 2.05) is 19.1 Å². The van der Waals surface area contributed by atoms with Crippen LogP contribution in [-0.2, 0) is 17.1 Å². The van der Waals surface area contributed by atoms with Crippen molar-refractivity contribution in [2.45, 2.75) is 31.3 Å². The molecule has 0 amide bonds. The lowest BCUT2D eigenvalue weighted by molar-refractivity contribution is 0.214. The topological polar surface area (TPSA) is 77.3 Å². The number of halogens is 1. The maximum absolute atomic E-state index is 12.9. The molecular weight excluding hydrogens is 352 g/mol. The SMILES string of the molecule is Cc1ccc(OC2CCN(S(=O)(=O)c3c(C)nn(C)c3Cl)C2)cn1. The molecule has 1 unspecified atom stereocenters. The quantitative estimate of drug-likeness (QED) is 0.821. The number of ether oxygens (including phenoxy) is 1. The van der Waals surface area contributed by atoms with E-state index < -0.39 is 10.0 Å². The summed E-state index contributed by atoms with van der Waals surface area (Å²) in [5.41, 5.74) is 1.30. The van der Waals surface area contributed by atoms with Gasteiger partial charge in [0.25, 0.3) is 0 Å². The summed E-state index contributed by atoms with van der Waals surface area (Å²) in [7, 11) is -2.07. The molecule has 0 radical (unpaired) electrons. The van der Waals surface area contributed by atoms with Crippen LogP contribution >= 0.6 is 11.6 Å². The normalized spacial score (nSPS) is 18.9. The first kappa shape index (κ1) is 17.2. The summed E-state index contributed by atoms with van der Waals surface area (Å²) in [5, 5.41) is 4.21. The minimum Gasteiger partial charge on any atom is -0.487 e. The molecule has 2 aromatic rings. The predicted octanol–water partition coefficient (Wildman–Crippen LogP) is 1.93. The van der Waals surface area contributed by atoms with Crippen LogP contribution < -0.4 is 4.74 Å². The Morgan fingerprint density at radius 1 is 1.33 bits per heavy atom. The highest BCUT2D eigenvalue weighted by molar-refractivity contribution is 7.89. The number of pyridine rings is 1. The van der Waals surface area contributed by atoms with Crippen molar-refractivity contribution in [1.82, 2.24) is 19.1 Å². The molecule has 1 aliphatic heterocycles. The highest BCUT2D eigenvalue weighted by atomic mass is 35.5. The molecule has 2 aromatic heterocycles. The molecule has 3 rings (SSSR count). The van der Waals surface area contributed by atoms with Gasteiger partial charge in [-0.3, -0.25) is 9.67 Å². The average molecular weight is 371 g/mol. The Kier molecular flexibility index (Phi) is 4.54. The number of hydrogen-bond donors (Lipinski definition) is 0. The summed E-state index contributed by atoms with van der Waals surface area (Å²) in [6.07, 6.45) is 2.05. The Morgan fingerprint density at radius 3 is 2.67 bits per heavy atom. The van der Waals surface area contributed by atoms with Crippen LogP contribution in [0.3, 0.4) is 0 Å². The first-order valence-corrected chi connectivity index (χ1v) is 9.39. The fourth-order valence-corrected chi connectivity index (χ4v) is 4.95. The fourth-order valence-electron chi connectivity index (χ4n) is 2.76. The molecule has 1 aliphatic rings. The summed E-state index contributed by atoms with van der Waals surface area (Å²) in [4.78, 5) is 4.25. The zero-order chi connectivity index (χ0) is 17.5. The maximum atomic E-state index is 12.9. The van der Waals surface area contributed by atoms with Crippen LogP contribution in [0.15, 0.2) is 23.2 Å². The van der Waals surface area contributed by atoms with Gasteiger partial charge in [-0.15, -0.1) is 0 Å². The molecule has 24 heavy (non-hydrogen) atoms. The van der Waals surface area contributed by atoms with E-state index in [-0.39, 0.29) is 22.7 Å². The second-order valence-electron chi connectivity index (χ2n) is 5.86. The number of hydrogen-bond acceptors (Lipinski definition) is 5. The molecule has 0 N–H and O–H groups in total. The van der Waals surface area contributed by atoms with E-state index in [1.54, 1.807) is 20.2 Å². The van der Waals surface area contributed by atoms with Crippen molar-refractivity contribution in [1.29, 1.82) is 0 Å². The summed E-state index contributed by atoms with van der Waals surface area (Å²) in [6.45, 7) is 4.20. The van der Waals surface area contributed by atoms with Gasteiger partial charge >= 0.3 is 0 Å². The highest BCUT2D eigenvalue weighted by Gasteiger charge is 2.37. The van der Waals surface area contributed by atoms with Crippen LogP contribution in [0.25, 0.3) is 0 Å². The minimum atomic E-state index is -3.69. The van der Waals surface area contributed by atoms with Gasteiger partial charge in [-0.1, -0.05) is 11.6 Å². The molecule has 9 heteroatoms. The molecule has 1 atom stereocenters. The van der Waals surface area contributed by atoms with Gasteiger partial charge in [-0.25, -0.2) is 8.42 Å². The average Bonchev–Trinajstić information content (AvgIpc) is 3.07. The van der Waals surface area contributed by atoms with E-state index in [2.05, 4.69) is 10.1 Å². The smallest absolute Gasteiger partial charge is 0.248 e. The molecular formula is C15H19ClN4O3S. The summed E-state index contributed by atoms with van der Waals surface area (Å²) in [5.74, 6) is 0.639. The summed E-state index contributed by atoms with van der Waals surface area (Å²) < 4.78 is 34.3. The van der Waals surface area contributed by atoms with Gasteiger partial charge in [0.05, 0.1) is 18.4 Å². The molecule has 130 valence electrons. The third-order valence-electron chi connectivity index (χ3n) is 3.99. The van der Waals surface area contributed by atoms with Crippen molar-refractivity contribution >= 4 is 21.6 Å². The van der Waals surface area contributed by atoms with Gasteiger partial charge in [0, 0.05) is 19.3 Å². The van der Waals surface area contributed by atoms with Crippen LogP contribution in [0.4, 0.5) is 0 Å². The standard InChI is InChI=1S/C15H19ClN4O3S/c1-10-4-5-12(8-17-10)23-13-6-7-20(9-13)24(21,22)14-11(2)18-19(3)15(14)16/h4-5,8,13H,6-7,9H2,1-3H3. The highest BCUT2D eigenvalue weighted by Crippen LogP contribution is 2.30. The van der Waals surface area contributed by atoms with Gasteiger partial charge in [-0.2, -0.15) is 9.40 Å². The maximum Gasteiger partial charge on any atom is 0.248 e. The van der Waals surface area contributed by atoms with Gasteiger partial charge in [-0.05, 0) is 32.4 Å². The lowest BCUT2D eigenvalue weighted by Gasteiger charge is -2.17. The lowest BCUT2D eigenvalue weighted by atomic mass is 10.3. The number of aromatic nitrogens is 3. The van der Waals surface area contributed by atoms with E-state index in [4.69, 9.17) is 16.3 Å². The summed E-state index contributed by atoms with van der Waals surface area (Å²) >= 11 is 6.11. The largest absolute Gasteiger partial charge is 0.487 e. The van der Waals surface area contributed by atoms with Crippen molar-refractivity contribution in [3.8, 4) is 5.75 Å². The van der Waals surface area contributed by atoms with Crippen LogP contribution in [0.5, 0.6) is 5.75 Å². The Morgan fingerprint density at radius 2 is 2.08 bits per heavy atom. The van der Waals surface area contributed by atoms with Crippen molar-refractivity contribution in [2.75, 3.05) is 13.1 Å². The molecule has 7 nitrogen and oxygen atoms in total. The van der Waals surface area contributed by atoms with E-state index in [9.17, 15) is 8.42 Å². The summed E-state index contributed by atoms with van der Waals surface area (Å²) in [6, 6.07) is 3.69. The second kappa shape index (κ2) is 6.34. The molecule has 0 saturated carbocycles. The Bertz CT molecular complexity index is 848. The van der Waals surface area contributed by atoms with Crippen molar-refractivity contribution < 1.29 is 13.2 Å². The first-order valence-electron chi connectivity index (χ1n) is 7.57.